The van der Waals surface area contributed by atoms with E-state index in [0.29, 0.717) is 17.9 Å². The van der Waals surface area contributed by atoms with Crippen LogP contribution in [-0.2, 0) is 6.42 Å². The Labute approximate surface area is 113 Å². The van der Waals surface area contributed by atoms with Gasteiger partial charge in [0.2, 0.25) is 0 Å². The lowest BCUT2D eigenvalue weighted by Crippen LogP contribution is -2.29. The molecule has 0 spiro atoms. The molecular formula is C13H10N2O3S. The Kier molecular flexibility index (Phi) is 2.79. The number of nitrogens with zero attached hydrogens (tertiary/aromatic N) is 2. The molecule has 1 aromatic heterocycles. The molecule has 1 aliphatic heterocycles. The number of aromatic nitrogens is 1. The second kappa shape index (κ2) is 4.47. The molecule has 0 saturated carbocycles. The van der Waals surface area contributed by atoms with E-state index in [1.54, 1.807) is 34.0 Å². The van der Waals surface area contributed by atoms with Crippen LogP contribution in [0.1, 0.15) is 26.4 Å². The lowest BCUT2D eigenvalue weighted by atomic mass is 10.1. The van der Waals surface area contributed by atoms with E-state index in [9.17, 15) is 9.59 Å². The van der Waals surface area contributed by atoms with Gasteiger partial charge in [0.05, 0.1) is 11.1 Å². The van der Waals surface area contributed by atoms with Crippen LogP contribution in [0.2, 0.25) is 0 Å². The average Bonchev–Trinajstić information content (AvgIpc) is 3.06. The Bertz CT molecular complexity index is 652. The summed E-state index contributed by atoms with van der Waals surface area (Å²) in [5.41, 5.74) is 3.87. The van der Waals surface area contributed by atoms with Crippen LogP contribution < -0.4 is 4.90 Å². The summed E-state index contributed by atoms with van der Waals surface area (Å²) < 4.78 is 0. The van der Waals surface area contributed by atoms with Gasteiger partial charge < -0.3 is 10.0 Å². The van der Waals surface area contributed by atoms with Gasteiger partial charge in [-0.15, -0.1) is 11.3 Å². The number of rotatable bonds is 2. The fraction of sp³-hybridized carbons (Fsp3) is 0.154. The Morgan fingerprint density at radius 1 is 1.37 bits per heavy atom. The Morgan fingerprint density at radius 3 is 2.89 bits per heavy atom. The molecule has 19 heavy (non-hydrogen) atoms. The van der Waals surface area contributed by atoms with Crippen LogP contribution in [0.3, 0.4) is 0 Å². The highest BCUT2D eigenvalue weighted by Gasteiger charge is 2.27. The van der Waals surface area contributed by atoms with E-state index in [4.69, 9.17) is 5.11 Å². The third-order valence-electron chi connectivity index (χ3n) is 3.12. The molecule has 2 aromatic rings. The summed E-state index contributed by atoms with van der Waals surface area (Å²) >= 11 is 1.36. The molecule has 0 saturated heterocycles. The van der Waals surface area contributed by atoms with Crippen LogP contribution >= 0.6 is 11.3 Å². The van der Waals surface area contributed by atoms with Crippen molar-refractivity contribution in [3.05, 3.63) is 45.9 Å². The lowest BCUT2D eigenvalue weighted by molar-refractivity contribution is 0.0696. The Morgan fingerprint density at radius 2 is 2.21 bits per heavy atom. The van der Waals surface area contributed by atoms with Crippen molar-refractivity contribution in [2.75, 3.05) is 11.4 Å². The normalized spacial score (nSPS) is 13.4. The van der Waals surface area contributed by atoms with Crippen molar-refractivity contribution in [2.24, 2.45) is 0 Å². The summed E-state index contributed by atoms with van der Waals surface area (Å²) in [5.74, 6) is -1.17. The van der Waals surface area contributed by atoms with E-state index in [1.807, 2.05) is 0 Å². The summed E-state index contributed by atoms with van der Waals surface area (Å²) in [6, 6.07) is 4.89. The number of carbonyl (C=O) groups excluding carboxylic acids is 1. The zero-order valence-electron chi connectivity index (χ0n) is 9.87. The molecule has 3 rings (SSSR count). The number of hydrogen-bond acceptors (Lipinski definition) is 4. The second-order valence-corrected chi connectivity index (χ2v) is 4.95. The Balaban J connectivity index is 1.99. The summed E-state index contributed by atoms with van der Waals surface area (Å²) in [7, 11) is 0. The first-order valence-electron chi connectivity index (χ1n) is 5.73. The first kappa shape index (κ1) is 11.9. The summed E-state index contributed by atoms with van der Waals surface area (Å²) in [4.78, 5) is 28.9. The number of carboxylic acid groups (broad SMARTS) is 1. The first-order valence-corrected chi connectivity index (χ1v) is 6.67. The fourth-order valence-corrected chi connectivity index (χ4v) is 2.71. The van der Waals surface area contributed by atoms with Gasteiger partial charge in [-0.1, -0.05) is 6.07 Å². The van der Waals surface area contributed by atoms with Crippen LogP contribution in [0.4, 0.5) is 5.69 Å². The third-order valence-corrected chi connectivity index (χ3v) is 3.71. The summed E-state index contributed by atoms with van der Waals surface area (Å²) in [6.07, 6.45) is 0.741. The largest absolute Gasteiger partial charge is 0.478 e. The van der Waals surface area contributed by atoms with Gasteiger partial charge in [0.15, 0.2) is 0 Å². The van der Waals surface area contributed by atoms with Crippen molar-refractivity contribution in [1.82, 2.24) is 4.98 Å². The molecule has 5 nitrogen and oxygen atoms in total. The topological polar surface area (TPSA) is 70.5 Å². The van der Waals surface area contributed by atoms with Crippen LogP contribution in [0.5, 0.6) is 0 Å². The minimum Gasteiger partial charge on any atom is -0.478 e. The van der Waals surface area contributed by atoms with Crippen molar-refractivity contribution in [1.29, 1.82) is 0 Å². The van der Waals surface area contributed by atoms with Crippen molar-refractivity contribution < 1.29 is 14.7 Å². The number of carboxylic acids is 1. The van der Waals surface area contributed by atoms with E-state index < -0.39 is 5.97 Å². The highest BCUT2D eigenvalue weighted by Crippen LogP contribution is 2.30. The summed E-state index contributed by atoms with van der Waals surface area (Å²) in [5, 5.41) is 10.7. The predicted molar refractivity (Wildman–Crippen MR) is 70.9 cm³/mol. The molecule has 1 aliphatic rings. The highest BCUT2D eigenvalue weighted by molar-refractivity contribution is 7.07. The van der Waals surface area contributed by atoms with E-state index >= 15 is 0 Å². The molecule has 96 valence electrons. The van der Waals surface area contributed by atoms with E-state index in [2.05, 4.69) is 4.98 Å². The second-order valence-electron chi connectivity index (χ2n) is 4.23. The molecule has 1 N–H and O–H groups in total. The minimum absolute atomic E-state index is 0.178. The van der Waals surface area contributed by atoms with Gasteiger partial charge in [0.1, 0.15) is 5.69 Å². The molecule has 1 aromatic carbocycles. The molecular weight excluding hydrogens is 264 g/mol. The molecule has 6 heteroatoms. The van der Waals surface area contributed by atoms with Crippen LogP contribution in [-0.4, -0.2) is 28.5 Å². The first-order chi connectivity index (χ1) is 9.16. The van der Waals surface area contributed by atoms with E-state index in [1.165, 1.54) is 11.3 Å². The maximum atomic E-state index is 12.3. The number of aromatic carboxylic acids is 1. The Hall–Kier alpha value is -2.21. The maximum absolute atomic E-state index is 12.3. The molecule has 0 unspecified atom stereocenters. The molecule has 0 atom stereocenters. The number of anilines is 1. The van der Waals surface area contributed by atoms with Gasteiger partial charge in [-0.05, 0) is 24.1 Å². The standard InChI is InChI=1S/C13H10N2O3S/c16-12(10-6-19-7-14-10)15-4-3-8-1-2-9(13(17)18)5-11(8)15/h1-2,5-7H,3-4H2,(H,17,18). The van der Waals surface area contributed by atoms with Crippen LogP contribution in [0.15, 0.2) is 29.1 Å². The number of amides is 1. The van der Waals surface area contributed by atoms with Crippen molar-refractivity contribution in [3.8, 4) is 0 Å². The zero-order chi connectivity index (χ0) is 13.4. The van der Waals surface area contributed by atoms with E-state index in [0.717, 1.165) is 12.0 Å². The van der Waals surface area contributed by atoms with Gasteiger partial charge in [0, 0.05) is 17.6 Å². The predicted octanol–water partition coefficient (Wildman–Crippen LogP) is 2.04. The quantitative estimate of drug-likeness (QED) is 0.909. The van der Waals surface area contributed by atoms with E-state index in [-0.39, 0.29) is 11.5 Å². The molecule has 0 radical (unpaired) electrons. The number of hydrogen-bond donors (Lipinski definition) is 1. The monoisotopic (exact) mass is 274 g/mol. The number of fused-ring (bicyclic) bond motifs is 1. The minimum atomic E-state index is -0.990. The average molecular weight is 274 g/mol. The van der Waals surface area contributed by atoms with Gasteiger partial charge >= 0.3 is 5.97 Å². The van der Waals surface area contributed by atoms with Crippen LogP contribution in [0.25, 0.3) is 0 Å². The van der Waals surface area contributed by atoms with Crippen molar-refractivity contribution in [2.45, 2.75) is 6.42 Å². The van der Waals surface area contributed by atoms with Gasteiger partial charge in [-0.3, -0.25) is 4.79 Å². The molecule has 1 amide bonds. The van der Waals surface area contributed by atoms with Gasteiger partial charge in [-0.2, -0.15) is 0 Å². The highest BCUT2D eigenvalue weighted by atomic mass is 32.1. The van der Waals surface area contributed by atoms with Crippen LogP contribution in [0, 0.1) is 0 Å². The number of benzene rings is 1. The molecule has 2 heterocycles. The lowest BCUT2D eigenvalue weighted by Gasteiger charge is -2.16. The third kappa shape index (κ3) is 2.00. The van der Waals surface area contributed by atoms with Gasteiger partial charge in [-0.25, -0.2) is 9.78 Å². The maximum Gasteiger partial charge on any atom is 0.335 e. The molecule has 0 aliphatic carbocycles. The number of thiazole rings is 1. The summed E-state index contributed by atoms with van der Waals surface area (Å²) in [6.45, 7) is 0.564. The molecule has 0 fully saturated rings. The zero-order valence-corrected chi connectivity index (χ0v) is 10.7. The SMILES string of the molecule is O=C(O)c1ccc2c(c1)N(C(=O)c1cscn1)CC2. The van der Waals surface area contributed by atoms with Crippen molar-refractivity contribution >= 4 is 28.9 Å². The van der Waals surface area contributed by atoms with Gasteiger partial charge in [0.25, 0.3) is 5.91 Å². The number of carbonyl (C=O) groups is 2. The fourth-order valence-electron chi connectivity index (χ4n) is 2.18. The molecule has 0 bridgehead atoms. The van der Waals surface area contributed by atoms with Crippen molar-refractivity contribution in [3.63, 3.8) is 0 Å². The smallest absolute Gasteiger partial charge is 0.335 e.